The zero-order chi connectivity index (χ0) is 25.4. The van der Waals surface area contributed by atoms with Gasteiger partial charge in [0.2, 0.25) is 0 Å². The fourth-order valence-electron chi connectivity index (χ4n) is 5.64. The van der Waals surface area contributed by atoms with E-state index in [2.05, 4.69) is 31.2 Å². The first kappa shape index (κ1) is 24.2. The second-order valence-electron chi connectivity index (χ2n) is 11.0. The number of hydrogen-bond donors (Lipinski definition) is 2. The minimum atomic E-state index is -0.545. The highest BCUT2D eigenvalue weighted by molar-refractivity contribution is 6.02. The fraction of sp³-hybridized carbons (Fsp3) is 0.448. The summed E-state index contributed by atoms with van der Waals surface area (Å²) in [5.41, 5.74) is 9.96. The summed E-state index contributed by atoms with van der Waals surface area (Å²) in [6.07, 6.45) is 12.1. The molecule has 7 heteroatoms. The zero-order valence-corrected chi connectivity index (χ0v) is 21.3. The molecule has 188 valence electrons. The van der Waals surface area contributed by atoms with Crippen molar-refractivity contribution in [3.63, 3.8) is 0 Å². The summed E-state index contributed by atoms with van der Waals surface area (Å²) in [5, 5.41) is 7.54. The number of carbonyl (C=O) groups is 2. The summed E-state index contributed by atoms with van der Waals surface area (Å²) < 4.78 is 1.73. The Kier molecular flexibility index (Phi) is 6.41. The van der Waals surface area contributed by atoms with Crippen LogP contribution < -0.4 is 11.1 Å². The number of nitrogens with one attached hydrogen (secondary N) is 1. The maximum absolute atomic E-state index is 12.6. The van der Waals surface area contributed by atoms with E-state index >= 15 is 0 Å². The van der Waals surface area contributed by atoms with Crippen LogP contribution in [0.2, 0.25) is 0 Å². The molecule has 2 aromatic heterocycles. The Morgan fingerprint density at radius 3 is 2.47 bits per heavy atom. The van der Waals surface area contributed by atoms with Crippen molar-refractivity contribution in [2.45, 2.75) is 65.3 Å². The van der Waals surface area contributed by atoms with Gasteiger partial charge in [-0.15, -0.1) is 0 Å². The monoisotopic (exact) mass is 485 g/mol. The van der Waals surface area contributed by atoms with Crippen LogP contribution in [0.4, 0.5) is 5.69 Å². The van der Waals surface area contributed by atoms with Crippen molar-refractivity contribution in [1.82, 2.24) is 14.9 Å². The molecule has 0 aliphatic heterocycles. The summed E-state index contributed by atoms with van der Waals surface area (Å²) in [6, 6.07) is 9.86. The third-order valence-electron chi connectivity index (χ3n) is 8.57. The molecule has 7 nitrogen and oxygen atoms in total. The number of aliphatic imine (C=N–C) groups is 1. The van der Waals surface area contributed by atoms with Crippen molar-refractivity contribution in [3.8, 4) is 11.1 Å². The number of fused-ring (bicyclic) bond motifs is 1. The summed E-state index contributed by atoms with van der Waals surface area (Å²) in [5.74, 6) is 0.379. The Morgan fingerprint density at radius 2 is 1.83 bits per heavy atom. The van der Waals surface area contributed by atoms with Crippen LogP contribution in [0.1, 0.15) is 80.0 Å². The quantitative estimate of drug-likeness (QED) is 0.448. The molecule has 0 saturated heterocycles. The lowest BCUT2D eigenvalue weighted by atomic mass is 9.77. The molecule has 2 aliphatic carbocycles. The first-order chi connectivity index (χ1) is 17.2. The number of nitrogens with zero attached hydrogens (tertiary/aromatic N) is 3. The smallest absolute Gasteiger partial charge is 0.252 e. The lowest BCUT2D eigenvalue weighted by Gasteiger charge is -2.28. The highest BCUT2D eigenvalue weighted by atomic mass is 16.2. The predicted octanol–water partition coefficient (Wildman–Crippen LogP) is 5.55. The van der Waals surface area contributed by atoms with Gasteiger partial charge >= 0.3 is 0 Å². The molecular weight excluding hydrogens is 450 g/mol. The van der Waals surface area contributed by atoms with Crippen LogP contribution in [0.3, 0.4) is 0 Å². The van der Waals surface area contributed by atoms with E-state index in [1.807, 2.05) is 42.7 Å². The molecule has 2 saturated carbocycles. The molecule has 2 heterocycles. The summed E-state index contributed by atoms with van der Waals surface area (Å²) in [4.78, 5) is 29.6. The number of amides is 2. The molecule has 0 radical (unpaired) electrons. The van der Waals surface area contributed by atoms with Crippen molar-refractivity contribution in [3.05, 3.63) is 53.9 Å². The molecule has 3 N–H and O–H groups in total. The average molecular weight is 486 g/mol. The van der Waals surface area contributed by atoms with Crippen LogP contribution in [-0.4, -0.2) is 33.7 Å². The van der Waals surface area contributed by atoms with Gasteiger partial charge in [-0.3, -0.25) is 14.6 Å². The predicted molar refractivity (Wildman–Crippen MR) is 143 cm³/mol. The van der Waals surface area contributed by atoms with Gasteiger partial charge in [0.15, 0.2) is 0 Å². The van der Waals surface area contributed by atoms with Crippen LogP contribution in [0.5, 0.6) is 0 Å². The number of aromatic nitrogens is 2. The first-order valence-electron chi connectivity index (χ1n) is 13.0. The second-order valence-corrected chi connectivity index (χ2v) is 11.0. The highest BCUT2D eigenvalue weighted by Crippen LogP contribution is 2.46. The van der Waals surface area contributed by atoms with Gasteiger partial charge in [-0.25, -0.2) is 4.52 Å². The summed E-state index contributed by atoms with van der Waals surface area (Å²) in [7, 11) is 0. The first-order valence-corrected chi connectivity index (χ1v) is 13.0. The maximum atomic E-state index is 12.6. The van der Waals surface area contributed by atoms with E-state index in [9.17, 15) is 9.59 Å². The molecule has 0 bridgehead atoms. The highest BCUT2D eigenvalue weighted by Gasteiger charge is 2.39. The molecule has 2 fully saturated rings. The molecular formula is C29H35N5O2. The normalized spacial score (nSPS) is 22.0. The Labute approximate surface area is 212 Å². The van der Waals surface area contributed by atoms with Gasteiger partial charge in [0.25, 0.3) is 11.8 Å². The van der Waals surface area contributed by atoms with Gasteiger partial charge in [0.05, 0.1) is 17.3 Å². The van der Waals surface area contributed by atoms with E-state index in [1.54, 1.807) is 4.52 Å². The molecule has 3 aromatic rings. The van der Waals surface area contributed by atoms with E-state index in [0.717, 1.165) is 35.9 Å². The lowest BCUT2D eigenvalue weighted by molar-refractivity contribution is 0.0936. The number of nitrogens with two attached hydrogens (primary N) is 1. The Balaban J connectivity index is 1.44. The van der Waals surface area contributed by atoms with Gasteiger partial charge in [-0.2, -0.15) is 5.10 Å². The van der Waals surface area contributed by atoms with Crippen LogP contribution in [0, 0.1) is 17.3 Å². The van der Waals surface area contributed by atoms with E-state index < -0.39 is 5.91 Å². The Hall–Kier alpha value is -3.48. The van der Waals surface area contributed by atoms with Gasteiger partial charge in [-0.05, 0) is 66.7 Å². The van der Waals surface area contributed by atoms with Gasteiger partial charge in [0, 0.05) is 29.6 Å². The Bertz CT molecular complexity index is 1320. The maximum Gasteiger partial charge on any atom is 0.252 e. The molecule has 36 heavy (non-hydrogen) atoms. The minimum Gasteiger partial charge on any atom is -0.365 e. The van der Waals surface area contributed by atoms with Crippen molar-refractivity contribution >= 4 is 29.2 Å². The number of hydrogen-bond acceptors (Lipinski definition) is 4. The van der Waals surface area contributed by atoms with Crippen LogP contribution >= 0.6 is 0 Å². The summed E-state index contributed by atoms with van der Waals surface area (Å²) in [6.45, 7) is 6.85. The number of benzene rings is 1. The van der Waals surface area contributed by atoms with E-state index in [0.29, 0.717) is 28.7 Å². The van der Waals surface area contributed by atoms with Crippen LogP contribution in [0.15, 0.2) is 47.7 Å². The number of rotatable bonds is 6. The average Bonchev–Trinajstić information content (AvgIpc) is 3.58. The molecule has 2 aliphatic rings. The van der Waals surface area contributed by atoms with Crippen molar-refractivity contribution in [1.29, 1.82) is 0 Å². The third-order valence-corrected chi connectivity index (χ3v) is 8.57. The SMILES string of the molecule is CC1CCC(C=Nc2c(C(N)=O)cnn3cc(-c4ccc(C(=O)NC5CCCC5)cc4)cc23)C1(C)C. The zero-order valence-electron chi connectivity index (χ0n) is 21.3. The van der Waals surface area contributed by atoms with Crippen LogP contribution in [-0.2, 0) is 0 Å². The fourth-order valence-corrected chi connectivity index (χ4v) is 5.64. The van der Waals surface area contributed by atoms with Gasteiger partial charge < -0.3 is 11.1 Å². The van der Waals surface area contributed by atoms with Crippen LogP contribution in [0.25, 0.3) is 16.6 Å². The van der Waals surface area contributed by atoms with Crippen molar-refractivity contribution in [2.24, 2.45) is 28.0 Å². The molecule has 2 amide bonds. The molecule has 2 unspecified atom stereocenters. The molecule has 0 spiro atoms. The van der Waals surface area contributed by atoms with Gasteiger partial charge in [0.1, 0.15) is 5.69 Å². The number of primary amides is 1. The van der Waals surface area contributed by atoms with E-state index in [-0.39, 0.29) is 17.4 Å². The third kappa shape index (κ3) is 4.54. The van der Waals surface area contributed by atoms with E-state index in [4.69, 9.17) is 10.7 Å². The molecule has 5 rings (SSSR count). The second kappa shape index (κ2) is 9.52. The number of carbonyl (C=O) groups excluding carboxylic acids is 2. The lowest BCUT2D eigenvalue weighted by Crippen LogP contribution is -2.32. The minimum absolute atomic E-state index is 0.0240. The molecule has 1 aromatic carbocycles. The van der Waals surface area contributed by atoms with Crippen molar-refractivity contribution < 1.29 is 9.59 Å². The van der Waals surface area contributed by atoms with Crippen molar-refractivity contribution in [2.75, 3.05) is 0 Å². The van der Waals surface area contributed by atoms with E-state index in [1.165, 1.54) is 25.5 Å². The molecule has 2 atom stereocenters. The topological polar surface area (TPSA) is 102 Å². The van der Waals surface area contributed by atoms with Gasteiger partial charge in [-0.1, -0.05) is 45.7 Å². The Morgan fingerprint density at radius 1 is 1.11 bits per heavy atom. The summed E-state index contributed by atoms with van der Waals surface area (Å²) >= 11 is 0. The largest absolute Gasteiger partial charge is 0.365 e. The standard InChI is InChI=1S/C29H35N5O2/c1-18-8-13-22(29(18,2)3)15-31-26-24(27(30)35)16-32-34-17-21(14-25(26)34)19-9-11-20(12-10-19)28(36)33-23-6-4-5-7-23/h9-12,14-18,22-23H,4-8,13H2,1-3H3,(H2,30,35)(H,33,36).